The Kier molecular flexibility index (Phi) is 7.79. The molecule has 0 N–H and O–H groups in total. The average Bonchev–Trinajstić information content (AvgIpc) is 3.19. The fourth-order valence-electron chi connectivity index (χ4n) is 13.5. The fourth-order valence-corrected chi connectivity index (χ4v) is 13.5. The monoisotopic (exact) mass is 612 g/mol. The predicted molar refractivity (Wildman–Crippen MR) is 170 cm³/mol. The molecule has 1 saturated heterocycles. The van der Waals surface area contributed by atoms with Gasteiger partial charge in [0.25, 0.3) is 0 Å². The van der Waals surface area contributed by atoms with Gasteiger partial charge in [-0.3, -0.25) is 14.4 Å². The molecule has 0 aromatic heterocycles. The zero-order valence-corrected chi connectivity index (χ0v) is 29.2. The first-order valence-electron chi connectivity index (χ1n) is 18.0. The summed E-state index contributed by atoms with van der Waals surface area (Å²) >= 11 is 0. The fraction of sp³-hybridized carbons (Fsp3) is 0.921. The van der Waals surface area contributed by atoms with Crippen molar-refractivity contribution in [2.24, 2.45) is 56.2 Å². The Balaban J connectivity index is 1.30. The van der Waals surface area contributed by atoms with Gasteiger partial charge in [0.1, 0.15) is 18.3 Å². The van der Waals surface area contributed by atoms with Gasteiger partial charge in [-0.05, 0) is 116 Å². The Morgan fingerprint density at radius 1 is 0.795 bits per heavy atom. The zero-order chi connectivity index (χ0) is 32.1. The van der Waals surface area contributed by atoms with Crippen LogP contribution in [0.4, 0.5) is 0 Å². The van der Waals surface area contributed by atoms with E-state index in [0.29, 0.717) is 36.7 Å². The molecule has 1 heterocycles. The van der Waals surface area contributed by atoms with Crippen LogP contribution in [-0.2, 0) is 28.6 Å². The lowest BCUT2D eigenvalue weighted by Gasteiger charge is -2.73. The van der Waals surface area contributed by atoms with Gasteiger partial charge in [0.15, 0.2) is 0 Å². The first kappa shape index (κ1) is 32.5. The van der Waals surface area contributed by atoms with Crippen molar-refractivity contribution in [1.29, 1.82) is 0 Å². The third-order valence-corrected chi connectivity index (χ3v) is 15.7. The number of Topliss-reactive ketones (excluding diaryl/α,β-unsaturated/α-hetero) is 1. The van der Waals surface area contributed by atoms with Gasteiger partial charge in [0, 0.05) is 24.2 Å². The maximum Gasteiger partial charge on any atom is 0.313 e. The number of esters is 2. The van der Waals surface area contributed by atoms with Crippen LogP contribution in [0.2, 0.25) is 0 Å². The second kappa shape index (κ2) is 10.5. The van der Waals surface area contributed by atoms with Crippen molar-refractivity contribution >= 4 is 17.7 Å². The summed E-state index contributed by atoms with van der Waals surface area (Å²) in [4.78, 5) is 37.4. The molecule has 0 unspecified atom stereocenters. The van der Waals surface area contributed by atoms with Gasteiger partial charge in [-0.25, -0.2) is 0 Å². The molecule has 6 rings (SSSR count). The number of ketones is 1. The highest BCUT2D eigenvalue weighted by Crippen LogP contribution is 2.79. The lowest BCUT2D eigenvalue weighted by molar-refractivity contribution is -0.254. The molecule has 1 aliphatic heterocycles. The number of carbonyl (C=O) groups is 3. The maximum absolute atomic E-state index is 13.2. The van der Waals surface area contributed by atoms with Gasteiger partial charge >= 0.3 is 11.9 Å². The summed E-state index contributed by atoms with van der Waals surface area (Å²) in [6, 6.07) is 0. The van der Waals surface area contributed by atoms with Crippen molar-refractivity contribution in [1.82, 2.24) is 0 Å². The quantitative estimate of drug-likeness (QED) is 0.223. The van der Waals surface area contributed by atoms with Crippen molar-refractivity contribution in [3.8, 4) is 0 Å². The van der Waals surface area contributed by atoms with Crippen LogP contribution in [0.15, 0.2) is 0 Å². The van der Waals surface area contributed by atoms with E-state index in [0.717, 1.165) is 32.1 Å². The van der Waals surface area contributed by atoms with Gasteiger partial charge in [-0.15, -0.1) is 0 Å². The predicted octanol–water partition coefficient (Wildman–Crippen LogP) is 8.09. The normalized spacial score (nSPS) is 48.2. The summed E-state index contributed by atoms with van der Waals surface area (Å²) in [5, 5.41) is 0. The van der Waals surface area contributed by atoms with Crippen LogP contribution in [0.3, 0.4) is 0 Å². The van der Waals surface area contributed by atoms with Gasteiger partial charge in [-0.2, -0.15) is 0 Å². The molecule has 0 amide bonds. The number of hydrogen-bond acceptors (Lipinski definition) is 6. The van der Waals surface area contributed by atoms with E-state index < -0.39 is 5.97 Å². The SMILES string of the molecule is CCOC(=O)CC(=O)C[C@H]1O[C@@H]2[C@@H]3[C@H]4CC[C@@H]5[C@@]6(C)CC[C@H](OC(C)=O)C(C)(C)[C@@H]6CC[C@@]5(C)[C@]4(C)CC[C@@]31CCC2(C)C. The minimum absolute atomic E-state index is 0.00427. The molecule has 0 aromatic carbocycles. The molecule has 11 atom stereocenters. The second-order valence-electron chi connectivity index (χ2n) is 18.1. The minimum atomic E-state index is -0.413. The third-order valence-electron chi connectivity index (χ3n) is 15.7. The van der Waals surface area contributed by atoms with Gasteiger partial charge in [0.2, 0.25) is 0 Å². The summed E-state index contributed by atoms with van der Waals surface area (Å²) < 4.78 is 18.1. The van der Waals surface area contributed by atoms with Gasteiger partial charge in [-0.1, -0.05) is 48.5 Å². The summed E-state index contributed by atoms with van der Waals surface area (Å²) in [7, 11) is 0. The highest BCUT2D eigenvalue weighted by atomic mass is 16.5. The lowest BCUT2D eigenvalue weighted by atomic mass is 9.31. The maximum atomic E-state index is 13.2. The van der Waals surface area contributed by atoms with E-state index in [2.05, 4.69) is 48.5 Å². The van der Waals surface area contributed by atoms with Crippen molar-refractivity contribution in [2.75, 3.05) is 6.61 Å². The highest BCUT2D eigenvalue weighted by molar-refractivity contribution is 5.95. The first-order chi connectivity index (χ1) is 20.5. The number of fused-ring (bicyclic) bond motifs is 5. The zero-order valence-electron chi connectivity index (χ0n) is 29.2. The third kappa shape index (κ3) is 4.44. The molecule has 6 heteroatoms. The molecular weight excluding hydrogens is 552 g/mol. The molecule has 44 heavy (non-hydrogen) atoms. The van der Waals surface area contributed by atoms with Crippen molar-refractivity contribution in [3.05, 3.63) is 0 Å². The minimum Gasteiger partial charge on any atom is -0.466 e. The molecule has 248 valence electrons. The molecule has 5 aliphatic carbocycles. The van der Waals surface area contributed by atoms with Crippen LogP contribution in [0.5, 0.6) is 0 Å². The lowest BCUT2D eigenvalue weighted by Crippen LogP contribution is -2.68. The Bertz CT molecular complexity index is 1190. The van der Waals surface area contributed by atoms with Crippen LogP contribution in [0.25, 0.3) is 0 Å². The number of rotatable bonds is 6. The van der Waals surface area contributed by atoms with Crippen molar-refractivity contribution in [2.45, 2.75) is 158 Å². The smallest absolute Gasteiger partial charge is 0.313 e. The Labute approximate surface area is 266 Å². The summed E-state index contributed by atoms with van der Waals surface area (Å²) in [5.74, 6) is 1.65. The summed E-state index contributed by atoms with van der Waals surface area (Å²) in [6.45, 7) is 21.1. The van der Waals surface area contributed by atoms with E-state index in [1.165, 1.54) is 32.1 Å². The molecule has 6 fully saturated rings. The van der Waals surface area contributed by atoms with E-state index in [-0.39, 0.29) is 69.0 Å². The van der Waals surface area contributed by atoms with Crippen LogP contribution < -0.4 is 0 Å². The highest BCUT2D eigenvalue weighted by Gasteiger charge is 2.74. The number of hydrogen-bond donors (Lipinski definition) is 0. The van der Waals surface area contributed by atoms with Crippen LogP contribution in [-0.4, -0.2) is 42.6 Å². The Morgan fingerprint density at radius 2 is 1.50 bits per heavy atom. The standard InChI is InChI=1S/C38H60O6/c1-10-42-30(41)22-24(40)21-29-38-19-17-33(3,4)32(44-29)31(38)25-11-12-27-35(7)15-14-28(43-23(2)39)34(5,6)26(35)13-16-37(27,9)36(25,8)18-20-38/h25-29,31-32H,10-22H2,1-9H3/t25-,26+,27-,28+,29-,31+,32-,35+,36-,37-,38-/m1/s1. The molecule has 5 saturated carbocycles. The Morgan fingerprint density at radius 3 is 2.18 bits per heavy atom. The Hall–Kier alpha value is -1.43. The van der Waals surface area contributed by atoms with Crippen molar-refractivity contribution in [3.63, 3.8) is 0 Å². The van der Waals surface area contributed by atoms with E-state index in [1.54, 1.807) is 13.8 Å². The van der Waals surface area contributed by atoms with Crippen molar-refractivity contribution < 1.29 is 28.6 Å². The molecule has 6 nitrogen and oxygen atoms in total. The van der Waals surface area contributed by atoms with Crippen LogP contribution >= 0.6 is 0 Å². The topological polar surface area (TPSA) is 78.9 Å². The van der Waals surface area contributed by atoms with E-state index in [4.69, 9.17) is 14.2 Å². The van der Waals surface area contributed by atoms with Gasteiger partial charge in [0.05, 0.1) is 18.8 Å². The largest absolute Gasteiger partial charge is 0.466 e. The number of ether oxygens (including phenoxy) is 3. The molecule has 6 aliphatic rings. The molecule has 0 spiro atoms. The molecule has 2 bridgehead atoms. The molecular formula is C38H60O6. The van der Waals surface area contributed by atoms with Gasteiger partial charge < -0.3 is 14.2 Å². The summed E-state index contributed by atoms with van der Waals surface area (Å²) in [6.07, 6.45) is 11.9. The van der Waals surface area contributed by atoms with Crippen LogP contribution in [0.1, 0.15) is 139 Å². The second-order valence-corrected chi connectivity index (χ2v) is 18.1. The molecule has 0 radical (unpaired) electrons. The van der Waals surface area contributed by atoms with E-state index in [9.17, 15) is 14.4 Å². The van der Waals surface area contributed by atoms with E-state index >= 15 is 0 Å². The summed E-state index contributed by atoms with van der Waals surface area (Å²) in [5.41, 5.74) is 0.768. The number of carbonyl (C=O) groups excluding carboxylic acids is 3. The first-order valence-corrected chi connectivity index (χ1v) is 18.0. The molecule has 0 aromatic rings. The van der Waals surface area contributed by atoms with Crippen LogP contribution in [0, 0.1) is 56.2 Å². The van der Waals surface area contributed by atoms with E-state index in [1.807, 2.05) is 0 Å². The average molecular weight is 613 g/mol.